The van der Waals surface area contributed by atoms with Crippen LogP contribution in [-0.2, 0) is 9.53 Å². The molecule has 0 aliphatic heterocycles. The van der Waals surface area contributed by atoms with Gasteiger partial charge in [-0.1, -0.05) is 0 Å². The molecule has 0 bridgehead atoms. The van der Waals surface area contributed by atoms with E-state index < -0.39 is 5.60 Å². The Hall–Kier alpha value is -1.95. The molecule has 1 aromatic heterocycles. The van der Waals surface area contributed by atoms with Gasteiger partial charge in [0.05, 0.1) is 24.2 Å². The highest BCUT2D eigenvalue weighted by atomic mass is 16.5. The number of nitrogens with one attached hydrogen (secondary N) is 1. The van der Waals surface area contributed by atoms with Crippen molar-refractivity contribution < 1.29 is 19.4 Å². The Bertz CT molecular complexity index is 496. The van der Waals surface area contributed by atoms with E-state index in [1.54, 1.807) is 18.3 Å². The first-order valence-corrected chi connectivity index (χ1v) is 7.02. The van der Waals surface area contributed by atoms with Gasteiger partial charge < -0.3 is 15.2 Å². The fourth-order valence-corrected chi connectivity index (χ4v) is 2.58. The number of hydrogen-bond donors (Lipinski definition) is 2. The normalized spacial score (nSPS) is 25.1. The van der Waals surface area contributed by atoms with Gasteiger partial charge >= 0.3 is 5.97 Å². The fraction of sp³-hybridized carbons (Fsp3) is 0.533. The summed E-state index contributed by atoms with van der Waals surface area (Å²) in [5.41, 5.74) is -0.494. The predicted octanol–water partition coefficient (Wildman–Crippen LogP) is 0.906. The zero-order valence-electron chi connectivity index (χ0n) is 12.0. The molecule has 21 heavy (non-hydrogen) atoms. The number of carbonyl (C=O) groups excluding carboxylic acids is 2. The second kappa shape index (κ2) is 6.67. The predicted molar refractivity (Wildman–Crippen MR) is 75.5 cm³/mol. The summed E-state index contributed by atoms with van der Waals surface area (Å²) in [5.74, 6) is -0.632. The van der Waals surface area contributed by atoms with Gasteiger partial charge in [-0.3, -0.25) is 14.6 Å². The molecule has 2 rings (SSSR count). The van der Waals surface area contributed by atoms with E-state index in [9.17, 15) is 14.7 Å². The van der Waals surface area contributed by atoms with Gasteiger partial charge in [0.15, 0.2) is 0 Å². The lowest BCUT2D eigenvalue weighted by Crippen LogP contribution is -2.46. The molecule has 1 heterocycles. The number of rotatable bonds is 4. The molecule has 1 aromatic rings. The van der Waals surface area contributed by atoms with Gasteiger partial charge in [0.1, 0.15) is 0 Å². The Morgan fingerprint density at radius 2 is 2.19 bits per heavy atom. The summed E-state index contributed by atoms with van der Waals surface area (Å²) in [6.07, 6.45) is 5.17. The third kappa shape index (κ3) is 4.01. The number of hydrogen-bond acceptors (Lipinski definition) is 5. The summed E-state index contributed by atoms with van der Waals surface area (Å²) >= 11 is 0. The number of amides is 1. The van der Waals surface area contributed by atoms with Crippen molar-refractivity contribution in [2.24, 2.45) is 5.92 Å². The molecule has 1 amide bonds. The van der Waals surface area contributed by atoms with Crippen LogP contribution >= 0.6 is 0 Å². The van der Waals surface area contributed by atoms with Gasteiger partial charge in [0, 0.05) is 18.9 Å². The van der Waals surface area contributed by atoms with E-state index in [4.69, 9.17) is 4.74 Å². The SMILES string of the molecule is COC(=O)C1CCC(O)(CNC(=O)c2cccnc2)CC1. The minimum absolute atomic E-state index is 0.149. The Balaban J connectivity index is 1.84. The number of nitrogens with zero attached hydrogens (tertiary/aromatic N) is 1. The lowest BCUT2D eigenvalue weighted by molar-refractivity contribution is -0.148. The summed E-state index contributed by atoms with van der Waals surface area (Å²) in [5, 5.41) is 13.2. The monoisotopic (exact) mass is 292 g/mol. The maximum atomic E-state index is 11.9. The quantitative estimate of drug-likeness (QED) is 0.805. The minimum Gasteiger partial charge on any atom is -0.469 e. The first-order chi connectivity index (χ1) is 10.0. The van der Waals surface area contributed by atoms with Crippen molar-refractivity contribution >= 4 is 11.9 Å². The smallest absolute Gasteiger partial charge is 0.308 e. The third-order valence-corrected chi connectivity index (χ3v) is 3.95. The molecule has 0 spiro atoms. The molecule has 0 unspecified atom stereocenters. The van der Waals surface area contributed by atoms with Crippen LogP contribution in [-0.4, -0.2) is 41.2 Å². The van der Waals surface area contributed by atoms with Gasteiger partial charge in [0.25, 0.3) is 5.91 Å². The highest BCUT2D eigenvalue weighted by Crippen LogP contribution is 2.32. The molecule has 0 saturated heterocycles. The summed E-state index contributed by atoms with van der Waals surface area (Å²) in [4.78, 5) is 27.2. The van der Waals surface area contributed by atoms with Crippen LogP contribution in [0.15, 0.2) is 24.5 Å². The number of esters is 1. The van der Waals surface area contributed by atoms with Crippen molar-refractivity contribution in [2.45, 2.75) is 31.3 Å². The topological polar surface area (TPSA) is 88.5 Å². The molecule has 0 radical (unpaired) electrons. The lowest BCUT2D eigenvalue weighted by Gasteiger charge is -2.35. The van der Waals surface area contributed by atoms with Gasteiger partial charge in [-0.05, 0) is 37.8 Å². The third-order valence-electron chi connectivity index (χ3n) is 3.95. The fourth-order valence-electron chi connectivity index (χ4n) is 2.58. The van der Waals surface area contributed by atoms with Crippen molar-refractivity contribution in [3.63, 3.8) is 0 Å². The summed E-state index contributed by atoms with van der Waals surface area (Å²) in [7, 11) is 1.37. The first-order valence-electron chi connectivity index (χ1n) is 7.02. The number of methoxy groups -OCH3 is 1. The van der Waals surface area contributed by atoms with Crippen molar-refractivity contribution in [2.75, 3.05) is 13.7 Å². The molecule has 1 aliphatic rings. The van der Waals surface area contributed by atoms with Gasteiger partial charge in [-0.25, -0.2) is 0 Å². The maximum absolute atomic E-state index is 11.9. The second-order valence-corrected chi connectivity index (χ2v) is 5.45. The molecule has 0 atom stereocenters. The molecular weight excluding hydrogens is 272 g/mol. The van der Waals surface area contributed by atoms with Gasteiger partial charge in [-0.2, -0.15) is 0 Å². The van der Waals surface area contributed by atoms with Crippen LogP contribution in [0.25, 0.3) is 0 Å². The van der Waals surface area contributed by atoms with E-state index in [-0.39, 0.29) is 24.3 Å². The molecule has 1 aliphatic carbocycles. The largest absolute Gasteiger partial charge is 0.469 e. The van der Waals surface area contributed by atoms with E-state index in [0.717, 1.165) is 0 Å². The zero-order valence-corrected chi connectivity index (χ0v) is 12.0. The van der Waals surface area contributed by atoms with Crippen molar-refractivity contribution in [1.29, 1.82) is 0 Å². The Kier molecular flexibility index (Phi) is 4.90. The van der Waals surface area contributed by atoms with E-state index in [2.05, 4.69) is 10.3 Å². The molecule has 6 heteroatoms. The van der Waals surface area contributed by atoms with Crippen LogP contribution in [0.5, 0.6) is 0 Å². The Morgan fingerprint density at radius 3 is 2.76 bits per heavy atom. The van der Waals surface area contributed by atoms with Crippen molar-refractivity contribution in [3.8, 4) is 0 Å². The molecule has 2 N–H and O–H groups in total. The number of aliphatic hydroxyl groups is 1. The van der Waals surface area contributed by atoms with E-state index in [1.165, 1.54) is 13.3 Å². The molecule has 1 saturated carbocycles. The van der Waals surface area contributed by atoms with Crippen LogP contribution in [0.1, 0.15) is 36.0 Å². The molecule has 114 valence electrons. The average molecular weight is 292 g/mol. The summed E-state index contributed by atoms with van der Waals surface area (Å²) < 4.78 is 4.72. The Morgan fingerprint density at radius 1 is 1.48 bits per heavy atom. The van der Waals surface area contributed by atoms with Crippen LogP contribution in [0.2, 0.25) is 0 Å². The van der Waals surface area contributed by atoms with E-state index >= 15 is 0 Å². The van der Waals surface area contributed by atoms with Crippen LogP contribution < -0.4 is 5.32 Å². The molecule has 6 nitrogen and oxygen atoms in total. The van der Waals surface area contributed by atoms with Gasteiger partial charge in [-0.15, -0.1) is 0 Å². The van der Waals surface area contributed by atoms with Crippen molar-refractivity contribution in [1.82, 2.24) is 10.3 Å². The van der Waals surface area contributed by atoms with Crippen LogP contribution in [0, 0.1) is 5.92 Å². The number of pyridine rings is 1. The van der Waals surface area contributed by atoms with Crippen LogP contribution in [0.3, 0.4) is 0 Å². The summed E-state index contributed by atoms with van der Waals surface area (Å²) in [6.45, 7) is 0.175. The number of ether oxygens (including phenoxy) is 1. The number of carbonyl (C=O) groups is 2. The first kappa shape index (κ1) is 15.4. The minimum atomic E-state index is -0.956. The maximum Gasteiger partial charge on any atom is 0.308 e. The molecule has 0 aromatic carbocycles. The molecular formula is C15H20N2O4. The standard InChI is InChI=1S/C15H20N2O4/c1-21-14(19)11-4-6-15(20,7-5-11)10-17-13(18)12-3-2-8-16-9-12/h2-3,8-9,11,20H,4-7,10H2,1H3,(H,17,18). The number of aromatic nitrogens is 1. The average Bonchev–Trinajstić information content (AvgIpc) is 2.53. The second-order valence-electron chi connectivity index (χ2n) is 5.45. The zero-order chi connectivity index (χ0) is 15.3. The lowest BCUT2D eigenvalue weighted by atomic mass is 9.78. The van der Waals surface area contributed by atoms with E-state index in [0.29, 0.717) is 31.2 Å². The highest BCUT2D eigenvalue weighted by molar-refractivity contribution is 5.93. The highest BCUT2D eigenvalue weighted by Gasteiger charge is 2.36. The van der Waals surface area contributed by atoms with Crippen molar-refractivity contribution in [3.05, 3.63) is 30.1 Å². The molecule has 1 fully saturated rings. The summed E-state index contributed by atoms with van der Waals surface area (Å²) in [6, 6.07) is 3.35. The Labute approximate surface area is 123 Å². The van der Waals surface area contributed by atoms with Crippen LogP contribution in [0.4, 0.5) is 0 Å². The van der Waals surface area contributed by atoms with Gasteiger partial charge in [0.2, 0.25) is 0 Å². The van der Waals surface area contributed by atoms with E-state index in [1.807, 2.05) is 0 Å².